The third-order valence-electron chi connectivity index (χ3n) is 6.64. The van der Waals surface area contributed by atoms with Crippen LogP contribution in [-0.2, 0) is 16.6 Å². The maximum Gasteiger partial charge on any atom is 0.232 e. The molecule has 5 aromatic rings. The zero-order valence-electron chi connectivity index (χ0n) is 21.0. The number of furan rings is 1. The highest BCUT2D eigenvalue weighted by molar-refractivity contribution is 5.96. The molecule has 0 saturated carbocycles. The van der Waals surface area contributed by atoms with Gasteiger partial charge in [0.2, 0.25) is 5.91 Å². The Labute approximate surface area is 212 Å². The van der Waals surface area contributed by atoms with Gasteiger partial charge in [-0.15, -0.1) is 0 Å². The lowest BCUT2D eigenvalue weighted by Gasteiger charge is -2.22. The first-order valence-corrected chi connectivity index (χ1v) is 12.4. The van der Waals surface area contributed by atoms with Gasteiger partial charge in [-0.25, -0.2) is 0 Å². The van der Waals surface area contributed by atoms with Crippen molar-refractivity contribution >= 4 is 22.6 Å². The van der Waals surface area contributed by atoms with Crippen LogP contribution in [-0.4, -0.2) is 5.91 Å². The Balaban J connectivity index is 1.37. The summed E-state index contributed by atoms with van der Waals surface area (Å²) in [5.74, 6) is 0.505. The molecule has 3 heteroatoms. The molecule has 1 aromatic heterocycles. The fraction of sp³-hybridized carbons (Fsp3) is 0.182. The molecule has 1 unspecified atom stereocenters. The molecule has 0 fully saturated rings. The summed E-state index contributed by atoms with van der Waals surface area (Å²) < 4.78 is 5.98. The second-order valence-electron chi connectivity index (χ2n) is 10.3. The molecular formula is C33H31NO2. The largest absolute Gasteiger partial charge is 0.456 e. The van der Waals surface area contributed by atoms with Crippen LogP contribution in [0.2, 0.25) is 0 Å². The van der Waals surface area contributed by atoms with E-state index in [0.717, 1.165) is 39.1 Å². The zero-order valence-corrected chi connectivity index (χ0v) is 21.0. The first-order valence-electron chi connectivity index (χ1n) is 12.4. The molecule has 0 aliphatic heterocycles. The van der Waals surface area contributed by atoms with Gasteiger partial charge in [-0.2, -0.15) is 0 Å². The molecule has 0 aliphatic rings. The van der Waals surface area contributed by atoms with E-state index < -0.39 is 0 Å². The van der Waals surface area contributed by atoms with E-state index in [1.165, 1.54) is 5.56 Å². The molecule has 0 aliphatic carbocycles. The van der Waals surface area contributed by atoms with Gasteiger partial charge in [0.1, 0.15) is 11.3 Å². The molecular weight excluding hydrogens is 442 g/mol. The summed E-state index contributed by atoms with van der Waals surface area (Å²) in [6.07, 6.45) is 0.638. The molecule has 3 nitrogen and oxygen atoms in total. The Morgan fingerprint density at radius 3 is 2.14 bits per heavy atom. The van der Waals surface area contributed by atoms with Crippen LogP contribution in [0.1, 0.15) is 43.4 Å². The number of amides is 1. The predicted molar refractivity (Wildman–Crippen MR) is 148 cm³/mol. The summed E-state index contributed by atoms with van der Waals surface area (Å²) in [7, 11) is 0. The molecule has 1 heterocycles. The third kappa shape index (κ3) is 5.26. The Morgan fingerprint density at radius 2 is 1.47 bits per heavy atom. The maximum atomic E-state index is 13.5. The fourth-order valence-corrected chi connectivity index (χ4v) is 4.50. The lowest BCUT2D eigenvalue weighted by atomic mass is 9.84. The Hall–Kier alpha value is -4.11. The van der Waals surface area contributed by atoms with Crippen molar-refractivity contribution in [2.45, 2.75) is 38.5 Å². The number of rotatable bonds is 6. The number of hydrogen-bond acceptors (Lipinski definition) is 2. The number of carbonyl (C=O) groups excluding carboxylic acids is 1. The van der Waals surface area contributed by atoms with Gasteiger partial charge >= 0.3 is 0 Å². The molecule has 0 spiro atoms. The molecule has 0 radical (unpaired) electrons. The van der Waals surface area contributed by atoms with E-state index in [-0.39, 0.29) is 17.2 Å². The van der Waals surface area contributed by atoms with Crippen LogP contribution in [0.4, 0.5) is 5.69 Å². The minimum absolute atomic E-state index is 0.0150. The van der Waals surface area contributed by atoms with E-state index in [0.29, 0.717) is 6.42 Å². The monoisotopic (exact) mass is 473 g/mol. The molecule has 1 N–H and O–H groups in total. The van der Waals surface area contributed by atoms with Crippen LogP contribution in [0.15, 0.2) is 114 Å². The van der Waals surface area contributed by atoms with Gasteiger partial charge in [0.05, 0.1) is 5.92 Å². The number of para-hydroxylation sites is 1. The Kier molecular flexibility index (Phi) is 6.47. The van der Waals surface area contributed by atoms with Crippen molar-refractivity contribution in [1.82, 2.24) is 0 Å². The van der Waals surface area contributed by atoms with Crippen LogP contribution in [0.25, 0.3) is 22.3 Å². The average Bonchev–Trinajstić information content (AvgIpc) is 3.32. The topological polar surface area (TPSA) is 42.2 Å². The standard InChI is InChI=1S/C33H31NO2/c1-33(2,3)27-17-13-24(14-18-27)29(21-23-9-5-4-6-10-23)32(35)34-28-19-15-25(16-20-28)31-22-26-11-7-8-12-30(26)36-31/h4-20,22,29H,21H2,1-3H3,(H,34,35). The van der Waals surface area contributed by atoms with Crippen molar-refractivity contribution in [2.24, 2.45) is 0 Å². The second kappa shape index (κ2) is 9.87. The molecule has 0 saturated heterocycles. The molecule has 0 bridgehead atoms. The number of nitrogens with one attached hydrogen (secondary N) is 1. The van der Waals surface area contributed by atoms with Gasteiger partial charge in [0.15, 0.2) is 0 Å². The average molecular weight is 474 g/mol. The van der Waals surface area contributed by atoms with Gasteiger partial charge in [0, 0.05) is 16.6 Å². The summed E-state index contributed by atoms with van der Waals surface area (Å²) in [4.78, 5) is 13.5. The number of carbonyl (C=O) groups is 1. The highest BCUT2D eigenvalue weighted by atomic mass is 16.3. The SMILES string of the molecule is CC(C)(C)c1ccc(C(Cc2ccccc2)C(=O)Nc2ccc(-c3cc4ccccc4o3)cc2)cc1. The van der Waals surface area contributed by atoms with Crippen molar-refractivity contribution in [2.75, 3.05) is 5.32 Å². The summed E-state index contributed by atoms with van der Waals surface area (Å²) in [6.45, 7) is 6.60. The number of benzene rings is 4. The van der Waals surface area contributed by atoms with Crippen LogP contribution >= 0.6 is 0 Å². The van der Waals surface area contributed by atoms with Crippen molar-refractivity contribution in [3.8, 4) is 11.3 Å². The lowest BCUT2D eigenvalue weighted by molar-refractivity contribution is -0.117. The number of hydrogen-bond donors (Lipinski definition) is 1. The molecule has 5 rings (SSSR count). The van der Waals surface area contributed by atoms with E-state index in [1.807, 2.05) is 72.8 Å². The minimum atomic E-state index is -0.295. The summed E-state index contributed by atoms with van der Waals surface area (Å²) in [5, 5.41) is 4.22. The second-order valence-corrected chi connectivity index (χ2v) is 10.3. The van der Waals surface area contributed by atoms with Crippen LogP contribution in [0.5, 0.6) is 0 Å². The first kappa shape index (κ1) is 23.6. The van der Waals surface area contributed by atoms with Crippen molar-refractivity contribution in [3.05, 3.63) is 126 Å². The Bertz CT molecular complexity index is 1420. The number of fused-ring (bicyclic) bond motifs is 1. The highest BCUT2D eigenvalue weighted by Crippen LogP contribution is 2.30. The van der Waals surface area contributed by atoms with Crippen LogP contribution in [0, 0.1) is 0 Å². The van der Waals surface area contributed by atoms with E-state index in [1.54, 1.807) is 0 Å². The molecule has 4 aromatic carbocycles. The predicted octanol–water partition coefficient (Wildman–Crippen LogP) is 8.36. The van der Waals surface area contributed by atoms with Gasteiger partial charge in [0.25, 0.3) is 0 Å². The molecule has 1 atom stereocenters. The smallest absolute Gasteiger partial charge is 0.232 e. The van der Waals surface area contributed by atoms with E-state index in [9.17, 15) is 4.79 Å². The van der Waals surface area contributed by atoms with Crippen molar-refractivity contribution in [3.63, 3.8) is 0 Å². The van der Waals surface area contributed by atoms with E-state index >= 15 is 0 Å². The lowest BCUT2D eigenvalue weighted by Crippen LogP contribution is -2.23. The Morgan fingerprint density at radius 1 is 0.806 bits per heavy atom. The molecule has 180 valence electrons. The normalized spacial score (nSPS) is 12.4. The van der Waals surface area contributed by atoms with Crippen molar-refractivity contribution < 1.29 is 9.21 Å². The van der Waals surface area contributed by atoms with Crippen LogP contribution in [0.3, 0.4) is 0 Å². The highest BCUT2D eigenvalue weighted by Gasteiger charge is 2.23. The summed E-state index contributed by atoms with van der Waals surface area (Å²) in [6, 6.07) is 36.5. The summed E-state index contributed by atoms with van der Waals surface area (Å²) >= 11 is 0. The quantitative estimate of drug-likeness (QED) is 0.269. The summed E-state index contributed by atoms with van der Waals surface area (Å²) in [5.41, 5.74) is 6.09. The molecule has 36 heavy (non-hydrogen) atoms. The van der Waals surface area contributed by atoms with Crippen LogP contribution < -0.4 is 5.32 Å². The van der Waals surface area contributed by atoms with E-state index in [4.69, 9.17) is 4.42 Å². The third-order valence-corrected chi connectivity index (χ3v) is 6.64. The van der Waals surface area contributed by atoms with Crippen molar-refractivity contribution in [1.29, 1.82) is 0 Å². The molecule has 1 amide bonds. The minimum Gasteiger partial charge on any atom is -0.456 e. The van der Waals surface area contributed by atoms with E-state index in [2.05, 4.69) is 62.5 Å². The zero-order chi connectivity index (χ0) is 25.1. The maximum absolute atomic E-state index is 13.5. The van der Waals surface area contributed by atoms with Gasteiger partial charge in [-0.3, -0.25) is 4.79 Å². The fourth-order valence-electron chi connectivity index (χ4n) is 4.50. The van der Waals surface area contributed by atoms with Gasteiger partial charge in [-0.05, 0) is 64.9 Å². The van der Waals surface area contributed by atoms with Gasteiger partial charge < -0.3 is 9.73 Å². The number of anilines is 1. The first-order chi connectivity index (χ1) is 17.4. The van der Waals surface area contributed by atoms with Gasteiger partial charge in [-0.1, -0.05) is 93.6 Å².